The highest BCUT2D eigenvalue weighted by molar-refractivity contribution is 5.29. The number of benzene rings is 1. The van der Waals surface area contributed by atoms with Crippen LogP contribution >= 0.6 is 0 Å². The number of hydrogen-bond acceptors (Lipinski definition) is 1. The molecule has 0 radical (unpaired) electrons. The maximum absolute atomic E-state index is 9.66. The second kappa shape index (κ2) is 5.49. The van der Waals surface area contributed by atoms with Gasteiger partial charge in [-0.2, -0.15) is 0 Å². The Morgan fingerprint density at radius 1 is 1.19 bits per heavy atom. The molecule has 16 heavy (non-hydrogen) atoms. The van der Waals surface area contributed by atoms with Gasteiger partial charge in [0.05, 0.1) is 6.61 Å². The molecule has 0 amide bonds. The van der Waals surface area contributed by atoms with Crippen LogP contribution in [0.15, 0.2) is 24.3 Å². The summed E-state index contributed by atoms with van der Waals surface area (Å²) in [6.45, 7) is 2.45. The third-order valence-electron chi connectivity index (χ3n) is 4.00. The van der Waals surface area contributed by atoms with Crippen LogP contribution < -0.4 is 0 Å². The fourth-order valence-electron chi connectivity index (χ4n) is 3.04. The van der Waals surface area contributed by atoms with Crippen LogP contribution in [0.3, 0.4) is 0 Å². The zero-order valence-corrected chi connectivity index (χ0v) is 10.2. The second-order valence-electron chi connectivity index (χ2n) is 5.04. The maximum Gasteiger partial charge on any atom is 0.0502 e. The van der Waals surface area contributed by atoms with Gasteiger partial charge in [-0.05, 0) is 36.8 Å². The minimum absolute atomic E-state index is 0.301. The standard InChI is InChI=1S/C15H22O/c1-12-7-5-6-10-14(12)15(11-16)13-8-3-2-4-9-13/h5-7,10,13,15-16H,2-4,8-9,11H2,1H3. The minimum Gasteiger partial charge on any atom is -0.396 e. The quantitative estimate of drug-likeness (QED) is 0.821. The lowest BCUT2D eigenvalue weighted by Gasteiger charge is -2.30. The Labute approximate surface area is 98.5 Å². The predicted molar refractivity (Wildman–Crippen MR) is 67.6 cm³/mol. The highest BCUT2D eigenvalue weighted by Crippen LogP contribution is 2.36. The average molecular weight is 218 g/mol. The fourth-order valence-corrected chi connectivity index (χ4v) is 3.04. The fraction of sp³-hybridized carbons (Fsp3) is 0.600. The van der Waals surface area contributed by atoms with Crippen molar-refractivity contribution >= 4 is 0 Å². The van der Waals surface area contributed by atoms with Crippen LogP contribution in [0, 0.1) is 12.8 Å². The molecule has 0 aliphatic heterocycles. The summed E-state index contributed by atoms with van der Waals surface area (Å²) < 4.78 is 0. The monoisotopic (exact) mass is 218 g/mol. The first-order chi connectivity index (χ1) is 7.83. The SMILES string of the molecule is Cc1ccccc1C(CO)C1CCCCC1. The maximum atomic E-state index is 9.66. The molecule has 1 aromatic rings. The highest BCUT2D eigenvalue weighted by atomic mass is 16.3. The van der Waals surface area contributed by atoms with Crippen molar-refractivity contribution in [2.24, 2.45) is 5.92 Å². The van der Waals surface area contributed by atoms with Crippen LogP contribution in [0.5, 0.6) is 0 Å². The number of hydrogen-bond donors (Lipinski definition) is 1. The van der Waals surface area contributed by atoms with Gasteiger partial charge in [-0.25, -0.2) is 0 Å². The Balaban J connectivity index is 2.18. The van der Waals surface area contributed by atoms with E-state index in [2.05, 4.69) is 31.2 Å². The molecule has 1 atom stereocenters. The van der Waals surface area contributed by atoms with E-state index in [1.807, 2.05) is 0 Å². The first kappa shape index (κ1) is 11.7. The van der Waals surface area contributed by atoms with E-state index in [-0.39, 0.29) is 0 Å². The minimum atomic E-state index is 0.301. The molecular formula is C15H22O. The first-order valence-corrected chi connectivity index (χ1v) is 6.49. The molecule has 1 aromatic carbocycles. The van der Waals surface area contributed by atoms with Gasteiger partial charge in [0.25, 0.3) is 0 Å². The van der Waals surface area contributed by atoms with Crippen LogP contribution in [0.2, 0.25) is 0 Å². The van der Waals surface area contributed by atoms with Crippen LogP contribution in [0.25, 0.3) is 0 Å². The molecule has 1 aliphatic rings. The number of rotatable bonds is 3. The largest absolute Gasteiger partial charge is 0.396 e. The van der Waals surface area contributed by atoms with Gasteiger partial charge in [-0.15, -0.1) is 0 Å². The Bertz CT molecular complexity index is 326. The van der Waals surface area contributed by atoms with E-state index < -0.39 is 0 Å². The summed E-state index contributed by atoms with van der Waals surface area (Å²) >= 11 is 0. The molecule has 1 N–H and O–H groups in total. The smallest absolute Gasteiger partial charge is 0.0502 e. The van der Waals surface area contributed by atoms with E-state index in [0.29, 0.717) is 18.4 Å². The molecule has 1 fully saturated rings. The molecule has 0 saturated heterocycles. The van der Waals surface area contributed by atoms with E-state index in [0.717, 1.165) is 0 Å². The lowest BCUT2D eigenvalue weighted by Crippen LogP contribution is -2.20. The molecule has 1 nitrogen and oxygen atoms in total. The molecule has 1 saturated carbocycles. The van der Waals surface area contributed by atoms with Gasteiger partial charge in [-0.3, -0.25) is 0 Å². The summed E-state index contributed by atoms with van der Waals surface area (Å²) in [5.74, 6) is 1.06. The van der Waals surface area contributed by atoms with Crippen LogP contribution in [-0.2, 0) is 0 Å². The van der Waals surface area contributed by atoms with E-state index >= 15 is 0 Å². The lowest BCUT2D eigenvalue weighted by molar-refractivity contribution is 0.196. The Kier molecular flexibility index (Phi) is 4.00. The topological polar surface area (TPSA) is 20.2 Å². The van der Waals surface area contributed by atoms with Gasteiger partial charge in [0.2, 0.25) is 0 Å². The van der Waals surface area contributed by atoms with Crippen molar-refractivity contribution in [3.8, 4) is 0 Å². The predicted octanol–water partition coefficient (Wildman–Crippen LogP) is 3.65. The van der Waals surface area contributed by atoms with E-state index in [1.165, 1.54) is 43.2 Å². The Morgan fingerprint density at radius 2 is 1.88 bits per heavy atom. The van der Waals surface area contributed by atoms with E-state index in [1.54, 1.807) is 0 Å². The van der Waals surface area contributed by atoms with Gasteiger partial charge in [0, 0.05) is 5.92 Å². The van der Waals surface area contributed by atoms with E-state index in [4.69, 9.17) is 0 Å². The molecule has 0 bridgehead atoms. The third kappa shape index (κ3) is 2.46. The number of aliphatic hydroxyl groups is 1. The molecule has 0 heterocycles. The Morgan fingerprint density at radius 3 is 2.50 bits per heavy atom. The number of aliphatic hydroxyl groups excluding tert-OH is 1. The van der Waals surface area contributed by atoms with Crippen LogP contribution in [-0.4, -0.2) is 11.7 Å². The summed E-state index contributed by atoms with van der Waals surface area (Å²) in [5.41, 5.74) is 2.68. The van der Waals surface area contributed by atoms with Crippen LogP contribution in [0.1, 0.15) is 49.1 Å². The molecule has 1 heteroatoms. The summed E-state index contributed by atoms with van der Waals surface area (Å²) in [6, 6.07) is 8.51. The zero-order chi connectivity index (χ0) is 11.4. The molecule has 1 aliphatic carbocycles. The van der Waals surface area contributed by atoms with Gasteiger partial charge in [0.1, 0.15) is 0 Å². The van der Waals surface area contributed by atoms with Gasteiger partial charge >= 0.3 is 0 Å². The first-order valence-electron chi connectivity index (χ1n) is 6.49. The van der Waals surface area contributed by atoms with Crippen molar-refractivity contribution in [1.29, 1.82) is 0 Å². The van der Waals surface area contributed by atoms with Crippen molar-refractivity contribution in [3.05, 3.63) is 35.4 Å². The van der Waals surface area contributed by atoms with Crippen molar-refractivity contribution in [3.63, 3.8) is 0 Å². The van der Waals surface area contributed by atoms with E-state index in [9.17, 15) is 5.11 Å². The second-order valence-corrected chi connectivity index (χ2v) is 5.04. The van der Waals surface area contributed by atoms with Gasteiger partial charge in [0.15, 0.2) is 0 Å². The molecule has 0 spiro atoms. The average Bonchev–Trinajstić information content (AvgIpc) is 2.34. The number of aryl methyl sites for hydroxylation is 1. The molecule has 0 aromatic heterocycles. The lowest BCUT2D eigenvalue weighted by atomic mass is 9.76. The molecule has 88 valence electrons. The highest BCUT2D eigenvalue weighted by Gasteiger charge is 2.25. The molecule has 2 rings (SSSR count). The third-order valence-corrected chi connectivity index (χ3v) is 4.00. The zero-order valence-electron chi connectivity index (χ0n) is 10.2. The Hall–Kier alpha value is -0.820. The summed E-state index contributed by atoms with van der Waals surface area (Å²) in [5, 5.41) is 9.66. The van der Waals surface area contributed by atoms with Crippen molar-refractivity contribution in [2.75, 3.05) is 6.61 Å². The summed E-state index contributed by atoms with van der Waals surface area (Å²) in [6.07, 6.45) is 6.64. The van der Waals surface area contributed by atoms with Gasteiger partial charge < -0.3 is 5.11 Å². The van der Waals surface area contributed by atoms with Gasteiger partial charge in [-0.1, -0.05) is 43.5 Å². The molecule has 1 unspecified atom stereocenters. The molecular weight excluding hydrogens is 196 g/mol. The van der Waals surface area contributed by atoms with Crippen LogP contribution in [0.4, 0.5) is 0 Å². The summed E-state index contributed by atoms with van der Waals surface area (Å²) in [4.78, 5) is 0. The van der Waals surface area contributed by atoms with Crippen molar-refractivity contribution < 1.29 is 5.11 Å². The summed E-state index contributed by atoms with van der Waals surface area (Å²) in [7, 11) is 0. The van der Waals surface area contributed by atoms with Crippen molar-refractivity contribution in [1.82, 2.24) is 0 Å². The normalized spacial score (nSPS) is 19.6. The van der Waals surface area contributed by atoms with Crippen molar-refractivity contribution in [2.45, 2.75) is 44.9 Å².